The third-order valence-corrected chi connectivity index (χ3v) is 2.04. The van der Waals surface area contributed by atoms with Gasteiger partial charge >= 0.3 is 6.61 Å². The Labute approximate surface area is 85.5 Å². The molecule has 2 nitrogen and oxygen atoms in total. The van der Waals surface area contributed by atoms with Crippen LogP contribution in [-0.4, -0.2) is 11.6 Å². The molecule has 0 aliphatic carbocycles. The van der Waals surface area contributed by atoms with Crippen LogP contribution < -0.4 is 4.74 Å². The number of hydrogen-bond donors (Lipinski definition) is 0. The van der Waals surface area contributed by atoms with Crippen molar-refractivity contribution in [2.75, 3.05) is 0 Å². The molecule has 2 rings (SSSR count). The minimum Gasteiger partial charge on any atom is -0.433 e. The van der Waals surface area contributed by atoms with E-state index in [1.165, 1.54) is 6.20 Å². The minimum atomic E-state index is -2.81. The third-order valence-electron chi connectivity index (χ3n) is 2.04. The summed E-state index contributed by atoms with van der Waals surface area (Å²) in [6.45, 7) is -0.880. The Hall–Kier alpha value is -1.71. The maximum atomic E-state index is 11.9. The fraction of sp³-hybridized carbons (Fsp3) is 0.182. The fourth-order valence-electron chi connectivity index (χ4n) is 1.40. The van der Waals surface area contributed by atoms with Crippen LogP contribution >= 0.6 is 0 Å². The number of hydrogen-bond acceptors (Lipinski definition) is 2. The van der Waals surface area contributed by atoms with Crippen molar-refractivity contribution in [3.8, 4) is 5.75 Å². The van der Waals surface area contributed by atoms with Crippen LogP contribution in [0.15, 0.2) is 30.5 Å². The second-order valence-corrected chi connectivity index (χ2v) is 3.25. The highest BCUT2D eigenvalue weighted by molar-refractivity contribution is 5.80. The Morgan fingerprint density at radius 3 is 2.80 bits per heavy atom. The predicted molar refractivity (Wildman–Crippen MR) is 53.1 cm³/mol. The van der Waals surface area contributed by atoms with Gasteiger partial charge in [-0.2, -0.15) is 8.78 Å². The first-order valence-corrected chi connectivity index (χ1v) is 4.46. The molecule has 78 valence electrons. The van der Waals surface area contributed by atoms with E-state index in [1.54, 1.807) is 6.07 Å². The molecule has 1 heterocycles. The monoisotopic (exact) mass is 209 g/mol. The molecule has 0 N–H and O–H groups in total. The summed E-state index contributed by atoms with van der Waals surface area (Å²) in [5.41, 5.74) is 1.82. The Kier molecular flexibility index (Phi) is 2.49. The van der Waals surface area contributed by atoms with E-state index in [4.69, 9.17) is 0 Å². The largest absolute Gasteiger partial charge is 0.433 e. The van der Waals surface area contributed by atoms with Crippen molar-refractivity contribution in [3.05, 3.63) is 36.0 Å². The molecule has 0 amide bonds. The summed E-state index contributed by atoms with van der Waals surface area (Å²) in [5, 5.41) is 0.799. The van der Waals surface area contributed by atoms with E-state index < -0.39 is 6.61 Å². The second-order valence-electron chi connectivity index (χ2n) is 3.25. The van der Waals surface area contributed by atoms with Gasteiger partial charge in [-0.3, -0.25) is 4.98 Å². The molecule has 0 bridgehead atoms. The second kappa shape index (κ2) is 3.81. The molecule has 2 aromatic rings. The smallest absolute Gasteiger partial charge is 0.387 e. The molecule has 0 spiro atoms. The molecule has 1 aromatic carbocycles. The Bertz CT molecular complexity index is 485. The summed E-state index contributed by atoms with van der Waals surface area (Å²) in [5.74, 6) is 0.0862. The molecular formula is C11H9F2NO. The van der Waals surface area contributed by atoms with Gasteiger partial charge < -0.3 is 4.74 Å². The molecule has 0 saturated carbocycles. The van der Waals surface area contributed by atoms with Crippen LogP contribution in [0.4, 0.5) is 8.78 Å². The van der Waals surface area contributed by atoms with Gasteiger partial charge in [0, 0.05) is 5.39 Å². The highest BCUT2D eigenvalue weighted by Gasteiger charge is 2.05. The first-order valence-electron chi connectivity index (χ1n) is 4.46. The molecule has 0 fully saturated rings. The highest BCUT2D eigenvalue weighted by atomic mass is 19.3. The highest BCUT2D eigenvalue weighted by Crippen LogP contribution is 2.20. The van der Waals surface area contributed by atoms with Gasteiger partial charge in [0.1, 0.15) is 5.75 Å². The zero-order valence-corrected chi connectivity index (χ0v) is 8.08. The maximum Gasteiger partial charge on any atom is 0.387 e. The van der Waals surface area contributed by atoms with Crippen molar-refractivity contribution in [2.45, 2.75) is 13.5 Å². The molecule has 0 saturated heterocycles. The van der Waals surface area contributed by atoms with E-state index in [9.17, 15) is 8.78 Å². The summed E-state index contributed by atoms with van der Waals surface area (Å²) >= 11 is 0. The normalized spacial score (nSPS) is 10.9. The average molecular weight is 209 g/mol. The fourth-order valence-corrected chi connectivity index (χ4v) is 1.40. The molecule has 0 aliphatic rings. The van der Waals surface area contributed by atoms with Crippen LogP contribution in [0, 0.1) is 6.92 Å². The Morgan fingerprint density at radius 2 is 2.07 bits per heavy atom. The van der Waals surface area contributed by atoms with Gasteiger partial charge in [-0.05, 0) is 25.1 Å². The quantitative estimate of drug-likeness (QED) is 0.758. The number of ether oxygens (including phenoxy) is 1. The van der Waals surface area contributed by atoms with E-state index in [0.717, 1.165) is 16.5 Å². The SMILES string of the molecule is Cc1ccc2ncc(OC(F)F)cc2c1. The molecular weight excluding hydrogens is 200 g/mol. The summed E-state index contributed by atoms with van der Waals surface area (Å²) < 4.78 is 28.2. The standard InChI is InChI=1S/C11H9F2NO/c1-7-2-3-10-8(4-7)5-9(6-14-10)15-11(12)13/h2-6,11H,1H3. The zero-order chi connectivity index (χ0) is 10.8. The van der Waals surface area contributed by atoms with Crippen LogP contribution in [0.3, 0.4) is 0 Å². The average Bonchev–Trinajstić information content (AvgIpc) is 2.16. The number of halogens is 2. The van der Waals surface area contributed by atoms with Crippen molar-refractivity contribution >= 4 is 10.9 Å². The number of aryl methyl sites for hydroxylation is 1. The first-order chi connectivity index (χ1) is 7.15. The van der Waals surface area contributed by atoms with Gasteiger partial charge in [-0.1, -0.05) is 11.6 Å². The summed E-state index contributed by atoms with van der Waals surface area (Å²) in [6.07, 6.45) is 1.30. The van der Waals surface area contributed by atoms with Gasteiger partial charge in [0.15, 0.2) is 0 Å². The number of pyridine rings is 1. The van der Waals surface area contributed by atoms with E-state index >= 15 is 0 Å². The number of fused-ring (bicyclic) bond motifs is 1. The van der Waals surface area contributed by atoms with Crippen molar-refractivity contribution in [2.24, 2.45) is 0 Å². The van der Waals surface area contributed by atoms with Crippen molar-refractivity contribution in [1.82, 2.24) is 4.98 Å². The van der Waals surface area contributed by atoms with Crippen LogP contribution in [0.5, 0.6) is 5.75 Å². The van der Waals surface area contributed by atoms with Gasteiger partial charge in [-0.15, -0.1) is 0 Å². The maximum absolute atomic E-state index is 11.9. The Morgan fingerprint density at radius 1 is 1.27 bits per heavy atom. The van der Waals surface area contributed by atoms with E-state index in [2.05, 4.69) is 9.72 Å². The number of rotatable bonds is 2. The minimum absolute atomic E-state index is 0.0862. The molecule has 0 radical (unpaired) electrons. The summed E-state index contributed by atoms with van der Waals surface area (Å²) in [7, 11) is 0. The van der Waals surface area contributed by atoms with Crippen LogP contribution in [0.25, 0.3) is 10.9 Å². The van der Waals surface area contributed by atoms with Crippen LogP contribution in [-0.2, 0) is 0 Å². The molecule has 15 heavy (non-hydrogen) atoms. The number of alkyl halides is 2. The molecule has 0 atom stereocenters. The molecule has 4 heteroatoms. The van der Waals surface area contributed by atoms with Gasteiger partial charge in [-0.25, -0.2) is 0 Å². The van der Waals surface area contributed by atoms with Crippen molar-refractivity contribution < 1.29 is 13.5 Å². The predicted octanol–water partition coefficient (Wildman–Crippen LogP) is 3.14. The van der Waals surface area contributed by atoms with Crippen LogP contribution in [0.2, 0.25) is 0 Å². The number of benzene rings is 1. The topological polar surface area (TPSA) is 22.1 Å². The van der Waals surface area contributed by atoms with Gasteiger partial charge in [0.05, 0.1) is 11.7 Å². The Balaban J connectivity index is 2.45. The summed E-state index contributed by atoms with van der Waals surface area (Å²) in [4.78, 5) is 4.02. The molecule has 1 aromatic heterocycles. The van der Waals surface area contributed by atoms with E-state index in [-0.39, 0.29) is 5.75 Å². The third kappa shape index (κ3) is 2.21. The summed E-state index contributed by atoms with van der Waals surface area (Å²) in [6, 6.07) is 7.20. The van der Waals surface area contributed by atoms with E-state index in [1.807, 2.05) is 25.1 Å². The van der Waals surface area contributed by atoms with Crippen molar-refractivity contribution in [1.29, 1.82) is 0 Å². The molecule has 0 unspecified atom stereocenters. The molecule has 0 aliphatic heterocycles. The lowest BCUT2D eigenvalue weighted by Crippen LogP contribution is -2.02. The van der Waals surface area contributed by atoms with Crippen molar-refractivity contribution in [3.63, 3.8) is 0 Å². The lowest BCUT2D eigenvalue weighted by Gasteiger charge is -2.05. The zero-order valence-electron chi connectivity index (χ0n) is 8.08. The van der Waals surface area contributed by atoms with Gasteiger partial charge in [0.25, 0.3) is 0 Å². The lowest BCUT2D eigenvalue weighted by molar-refractivity contribution is -0.0499. The number of aromatic nitrogens is 1. The lowest BCUT2D eigenvalue weighted by atomic mass is 10.1. The number of nitrogens with zero attached hydrogens (tertiary/aromatic N) is 1. The van der Waals surface area contributed by atoms with Gasteiger partial charge in [0.2, 0.25) is 0 Å². The first kappa shape index (κ1) is 9.83. The van der Waals surface area contributed by atoms with E-state index in [0.29, 0.717) is 0 Å². The van der Waals surface area contributed by atoms with Crippen LogP contribution in [0.1, 0.15) is 5.56 Å².